The summed E-state index contributed by atoms with van der Waals surface area (Å²) in [6, 6.07) is 0. The Morgan fingerprint density at radius 1 is 1.38 bits per heavy atom. The van der Waals surface area contributed by atoms with Gasteiger partial charge in [0.15, 0.2) is 0 Å². The predicted octanol–water partition coefficient (Wildman–Crippen LogP) is -0.729. The van der Waals surface area contributed by atoms with Gasteiger partial charge in [0.1, 0.15) is 11.2 Å². The summed E-state index contributed by atoms with van der Waals surface area (Å²) in [5.74, 6) is 0.0454. The first-order valence-corrected chi connectivity index (χ1v) is 4.76. The molecule has 1 unspecified atom stereocenters. The maximum Gasteiger partial charge on any atom is 0.122 e. The van der Waals surface area contributed by atoms with Crippen LogP contribution in [0.5, 0.6) is 0 Å². The molecule has 2 fully saturated rings. The molecule has 0 aromatic rings. The van der Waals surface area contributed by atoms with Crippen molar-refractivity contribution in [1.29, 1.82) is 0 Å². The molecule has 4 heteroatoms. The summed E-state index contributed by atoms with van der Waals surface area (Å²) in [6.07, 6.45) is 2.05. The van der Waals surface area contributed by atoms with Crippen molar-refractivity contribution in [1.82, 2.24) is 0 Å². The van der Waals surface area contributed by atoms with E-state index in [0.29, 0.717) is 13.0 Å². The van der Waals surface area contributed by atoms with Crippen LogP contribution in [0.15, 0.2) is 0 Å². The maximum absolute atomic E-state index is 10.2. The zero-order chi connectivity index (χ0) is 9.53. The van der Waals surface area contributed by atoms with Crippen LogP contribution in [-0.2, 0) is 4.74 Å². The smallest absolute Gasteiger partial charge is 0.122 e. The summed E-state index contributed by atoms with van der Waals surface area (Å²) in [5, 5.41) is 28.3. The molecule has 0 amide bonds. The molecule has 0 aromatic heterocycles. The zero-order valence-electron chi connectivity index (χ0n) is 7.57. The van der Waals surface area contributed by atoms with E-state index >= 15 is 0 Å². The van der Waals surface area contributed by atoms with E-state index in [1.54, 1.807) is 0 Å². The largest absolute Gasteiger partial charge is 0.396 e. The number of fused-ring (bicyclic) bond motifs is 2. The van der Waals surface area contributed by atoms with Crippen molar-refractivity contribution in [2.24, 2.45) is 5.92 Å². The van der Waals surface area contributed by atoms with Crippen LogP contribution in [0.25, 0.3) is 0 Å². The van der Waals surface area contributed by atoms with Crippen molar-refractivity contribution in [2.75, 3.05) is 19.8 Å². The molecule has 1 saturated heterocycles. The van der Waals surface area contributed by atoms with Gasteiger partial charge in [0.2, 0.25) is 0 Å². The third-order valence-corrected chi connectivity index (χ3v) is 3.68. The highest BCUT2D eigenvalue weighted by atomic mass is 16.5. The van der Waals surface area contributed by atoms with Gasteiger partial charge in [-0.25, -0.2) is 0 Å². The Bertz CT molecular complexity index is 198. The zero-order valence-corrected chi connectivity index (χ0v) is 7.57. The van der Waals surface area contributed by atoms with E-state index in [9.17, 15) is 10.2 Å². The lowest BCUT2D eigenvalue weighted by atomic mass is 9.82. The van der Waals surface area contributed by atoms with E-state index < -0.39 is 11.2 Å². The fourth-order valence-electron chi connectivity index (χ4n) is 2.78. The summed E-state index contributed by atoms with van der Waals surface area (Å²) in [7, 11) is 0. The monoisotopic (exact) mass is 188 g/mol. The van der Waals surface area contributed by atoms with Gasteiger partial charge in [-0.05, 0) is 12.8 Å². The highest BCUT2D eigenvalue weighted by molar-refractivity contribution is 5.14. The minimum Gasteiger partial charge on any atom is -0.396 e. The Balaban J connectivity index is 2.26. The first-order valence-electron chi connectivity index (χ1n) is 4.76. The van der Waals surface area contributed by atoms with E-state index in [1.807, 2.05) is 0 Å². The van der Waals surface area contributed by atoms with E-state index in [4.69, 9.17) is 9.84 Å². The molecule has 2 aliphatic rings. The van der Waals surface area contributed by atoms with Crippen molar-refractivity contribution >= 4 is 0 Å². The fraction of sp³-hybridized carbons (Fsp3) is 1.00. The van der Waals surface area contributed by atoms with Crippen LogP contribution in [0.3, 0.4) is 0 Å². The average molecular weight is 188 g/mol. The van der Waals surface area contributed by atoms with Gasteiger partial charge in [0.05, 0.1) is 13.2 Å². The summed E-state index contributed by atoms with van der Waals surface area (Å²) < 4.78 is 5.52. The molecule has 2 rings (SSSR count). The lowest BCUT2D eigenvalue weighted by Crippen LogP contribution is -2.52. The minimum atomic E-state index is -1.12. The highest BCUT2D eigenvalue weighted by Crippen LogP contribution is 2.53. The third kappa shape index (κ3) is 1.00. The lowest BCUT2D eigenvalue weighted by molar-refractivity contribution is -0.140. The van der Waals surface area contributed by atoms with Crippen LogP contribution in [0, 0.1) is 5.92 Å². The standard InChI is InChI=1S/C9H16O4/c10-4-3-8-2-1-7(5-13-8)9(8,12)6-11/h7,10-12H,1-6H2/t7?,8-,9+/m0/s1. The Morgan fingerprint density at radius 2 is 2.15 bits per heavy atom. The van der Waals surface area contributed by atoms with Gasteiger partial charge >= 0.3 is 0 Å². The SMILES string of the molecule is OCC[C@]12CCC(CO1)[C@]2(O)CO. The van der Waals surface area contributed by atoms with E-state index in [1.165, 1.54) is 0 Å². The van der Waals surface area contributed by atoms with Crippen molar-refractivity contribution < 1.29 is 20.1 Å². The summed E-state index contributed by atoms with van der Waals surface area (Å²) in [5.41, 5.74) is -1.79. The maximum atomic E-state index is 10.2. The molecule has 76 valence electrons. The molecule has 1 aliphatic heterocycles. The molecule has 3 atom stereocenters. The predicted molar refractivity (Wildman–Crippen MR) is 45.1 cm³/mol. The second-order valence-corrected chi connectivity index (χ2v) is 4.10. The van der Waals surface area contributed by atoms with Crippen molar-refractivity contribution in [3.05, 3.63) is 0 Å². The molecule has 0 radical (unpaired) electrons. The second kappa shape index (κ2) is 2.92. The van der Waals surface area contributed by atoms with Crippen LogP contribution in [-0.4, -0.2) is 46.3 Å². The number of rotatable bonds is 3. The molecule has 1 saturated carbocycles. The minimum absolute atomic E-state index is 0.00493. The lowest BCUT2D eigenvalue weighted by Gasteiger charge is -2.36. The molecule has 2 bridgehead atoms. The number of aliphatic hydroxyl groups excluding tert-OH is 2. The Labute approximate surface area is 77.1 Å². The van der Waals surface area contributed by atoms with Gasteiger partial charge in [0, 0.05) is 18.9 Å². The molecular formula is C9H16O4. The highest BCUT2D eigenvalue weighted by Gasteiger charge is 2.64. The first-order chi connectivity index (χ1) is 6.18. The van der Waals surface area contributed by atoms with Crippen molar-refractivity contribution in [3.8, 4) is 0 Å². The normalized spacial score (nSPS) is 48.7. The van der Waals surface area contributed by atoms with Crippen LogP contribution >= 0.6 is 0 Å². The molecule has 13 heavy (non-hydrogen) atoms. The fourth-order valence-corrected chi connectivity index (χ4v) is 2.78. The van der Waals surface area contributed by atoms with Gasteiger partial charge < -0.3 is 20.1 Å². The van der Waals surface area contributed by atoms with E-state index in [2.05, 4.69) is 0 Å². The first kappa shape index (κ1) is 9.40. The van der Waals surface area contributed by atoms with Gasteiger partial charge in [0.25, 0.3) is 0 Å². The van der Waals surface area contributed by atoms with Crippen LogP contribution in [0.1, 0.15) is 19.3 Å². The molecule has 1 aliphatic carbocycles. The molecule has 0 aromatic carbocycles. The van der Waals surface area contributed by atoms with Crippen LogP contribution in [0.4, 0.5) is 0 Å². The van der Waals surface area contributed by atoms with Gasteiger partial charge in [-0.15, -0.1) is 0 Å². The third-order valence-electron chi connectivity index (χ3n) is 3.68. The van der Waals surface area contributed by atoms with Gasteiger partial charge in [-0.3, -0.25) is 0 Å². The Kier molecular flexibility index (Phi) is 2.11. The number of hydrogen-bond donors (Lipinski definition) is 3. The van der Waals surface area contributed by atoms with Gasteiger partial charge in [-0.1, -0.05) is 0 Å². The van der Waals surface area contributed by atoms with E-state index in [0.717, 1.165) is 12.8 Å². The van der Waals surface area contributed by atoms with Crippen molar-refractivity contribution in [2.45, 2.75) is 30.5 Å². The van der Waals surface area contributed by atoms with Gasteiger partial charge in [-0.2, -0.15) is 0 Å². The summed E-state index contributed by atoms with van der Waals surface area (Å²) >= 11 is 0. The number of hydrogen-bond acceptors (Lipinski definition) is 4. The summed E-state index contributed by atoms with van der Waals surface area (Å²) in [6.45, 7) is 0.240. The molecule has 1 heterocycles. The molecule has 4 nitrogen and oxygen atoms in total. The topological polar surface area (TPSA) is 69.9 Å². The second-order valence-electron chi connectivity index (χ2n) is 4.10. The molecule has 0 spiro atoms. The Hall–Kier alpha value is -0.160. The van der Waals surface area contributed by atoms with E-state index in [-0.39, 0.29) is 19.1 Å². The number of ether oxygens (including phenoxy) is 1. The number of aliphatic hydroxyl groups is 3. The Morgan fingerprint density at radius 3 is 2.62 bits per heavy atom. The average Bonchev–Trinajstić information content (AvgIpc) is 2.57. The van der Waals surface area contributed by atoms with Crippen LogP contribution in [0.2, 0.25) is 0 Å². The summed E-state index contributed by atoms with van der Waals surface area (Å²) in [4.78, 5) is 0. The quantitative estimate of drug-likeness (QED) is 0.546. The molecular weight excluding hydrogens is 172 g/mol. The molecule has 3 N–H and O–H groups in total. The van der Waals surface area contributed by atoms with Crippen LogP contribution < -0.4 is 0 Å². The van der Waals surface area contributed by atoms with Crippen molar-refractivity contribution in [3.63, 3.8) is 0 Å².